The molecule has 0 heterocycles. The molecular formula is C21H34N4O6. The number of aliphatic carboxylic acids is 2. The maximum Gasteiger partial charge on any atom is 0.326 e. The second kappa shape index (κ2) is 12.9. The van der Waals surface area contributed by atoms with Crippen molar-refractivity contribution < 1.29 is 29.4 Å². The molecule has 0 saturated carbocycles. The molecule has 0 bridgehead atoms. The molecule has 0 aliphatic heterocycles. The third-order valence-electron chi connectivity index (χ3n) is 5.40. The maximum atomic E-state index is 12.8. The van der Waals surface area contributed by atoms with E-state index in [1.807, 2.05) is 38.2 Å². The van der Waals surface area contributed by atoms with Gasteiger partial charge >= 0.3 is 11.9 Å². The van der Waals surface area contributed by atoms with Crippen molar-refractivity contribution in [2.24, 2.45) is 23.3 Å². The van der Waals surface area contributed by atoms with E-state index in [0.29, 0.717) is 12.8 Å². The molecule has 1 aliphatic rings. The molecule has 174 valence electrons. The lowest BCUT2D eigenvalue weighted by Crippen LogP contribution is -2.55. The minimum atomic E-state index is -1.38. The van der Waals surface area contributed by atoms with Gasteiger partial charge in [-0.2, -0.15) is 0 Å². The molecule has 0 radical (unpaired) electrons. The van der Waals surface area contributed by atoms with Crippen molar-refractivity contribution in [3.63, 3.8) is 0 Å². The summed E-state index contributed by atoms with van der Waals surface area (Å²) in [7, 11) is 0. The van der Waals surface area contributed by atoms with Gasteiger partial charge in [-0.3, -0.25) is 14.4 Å². The first kappa shape index (κ1) is 26.3. The molecule has 1 aliphatic carbocycles. The van der Waals surface area contributed by atoms with Gasteiger partial charge in [0.25, 0.3) is 0 Å². The molecule has 10 nitrogen and oxygen atoms in total. The molecule has 4 atom stereocenters. The van der Waals surface area contributed by atoms with Crippen LogP contribution in [0.4, 0.5) is 0 Å². The lowest BCUT2D eigenvalue weighted by atomic mass is 9.93. The maximum absolute atomic E-state index is 12.8. The molecule has 10 heteroatoms. The molecule has 0 saturated heterocycles. The Morgan fingerprint density at radius 2 is 1.55 bits per heavy atom. The zero-order valence-corrected chi connectivity index (χ0v) is 18.0. The largest absolute Gasteiger partial charge is 0.481 e. The van der Waals surface area contributed by atoms with E-state index >= 15 is 0 Å². The fraction of sp³-hybridized carbons (Fsp3) is 0.619. The topological polar surface area (TPSA) is 185 Å². The molecule has 0 aromatic carbocycles. The van der Waals surface area contributed by atoms with Gasteiger partial charge in [-0.1, -0.05) is 44.6 Å². The van der Waals surface area contributed by atoms with Gasteiger partial charge in [0.2, 0.25) is 11.8 Å². The summed E-state index contributed by atoms with van der Waals surface area (Å²) in [5.41, 5.74) is 11.7. The fourth-order valence-corrected chi connectivity index (χ4v) is 3.07. The Kier molecular flexibility index (Phi) is 10.9. The van der Waals surface area contributed by atoms with Crippen LogP contribution in [0, 0.1) is 11.8 Å². The summed E-state index contributed by atoms with van der Waals surface area (Å²) in [6.45, 7) is 3.72. The smallest absolute Gasteiger partial charge is 0.326 e. The van der Waals surface area contributed by atoms with E-state index in [0.717, 1.165) is 0 Å². The molecule has 0 aromatic rings. The van der Waals surface area contributed by atoms with Crippen LogP contribution in [-0.4, -0.2) is 58.1 Å². The molecule has 8 N–H and O–H groups in total. The number of nitrogens with two attached hydrogens (primary N) is 2. The molecular weight excluding hydrogens is 404 g/mol. The van der Waals surface area contributed by atoms with Gasteiger partial charge in [-0.05, 0) is 31.1 Å². The van der Waals surface area contributed by atoms with Crippen LogP contribution in [0.3, 0.4) is 0 Å². The average Bonchev–Trinajstić information content (AvgIpc) is 2.73. The predicted molar refractivity (Wildman–Crippen MR) is 115 cm³/mol. The lowest BCUT2D eigenvalue weighted by Gasteiger charge is -2.25. The second-order valence-corrected chi connectivity index (χ2v) is 7.89. The average molecular weight is 439 g/mol. The molecule has 0 fully saturated rings. The Labute approximate surface area is 182 Å². The van der Waals surface area contributed by atoms with Crippen LogP contribution >= 0.6 is 0 Å². The molecule has 0 spiro atoms. The Morgan fingerprint density at radius 1 is 0.968 bits per heavy atom. The molecule has 4 unspecified atom stereocenters. The number of rotatable bonds is 13. The van der Waals surface area contributed by atoms with E-state index < -0.39 is 48.3 Å². The van der Waals surface area contributed by atoms with E-state index in [4.69, 9.17) is 16.6 Å². The highest BCUT2D eigenvalue weighted by Gasteiger charge is 2.29. The second-order valence-electron chi connectivity index (χ2n) is 7.89. The third-order valence-corrected chi connectivity index (χ3v) is 5.40. The fourth-order valence-electron chi connectivity index (χ4n) is 3.07. The van der Waals surface area contributed by atoms with Crippen LogP contribution in [0.1, 0.15) is 46.0 Å². The van der Waals surface area contributed by atoms with Crippen LogP contribution < -0.4 is 22.1 Å². The van der Waals surface area contributed by atoms with Gasteiger partial charge in [0.15, 0.2) is 0 Å². The lowest BCUT2D eigenvalue weighted by molar-refractivity contribution is -0.143. The van der Waals surface area contributed by atoms with Gasteiger partial charge in [0.1, 0.15) is 12.1 Å². The number of carboxylic acids is 2. The van der Waals surface area contributed by atoms with Crippen molar-refractivity contribution in [2.75, 3.05) is 0 Å². The van der Waals surface area contributed by atoms with Crippen LogP contribution in [0.5, 0.6) is 0 Å². The molecule has 31 heavy (non-hydrogen) atoms. The van der Waals surface area contributed by atoms with Gasteiger partial charge in [0, 0.05) is 12.5 Å². The van der Waals surface area contributed by atoms with Gasteiger partial charge in [0.05, 0.1) is 6.04 Å². The van der Waals surface area contributed by atoms with Crippen molar-refractivity contribution in [1.29, 1.82) is 0 Å². The SMILES string of the molecule is CCC(C)C(N)C(=O)NC(CCC1C=CC(N)C=C1)C(=O)NC(CCC(=O)O)C(=O)O. The number of carboxylic acid groups (broad SMARTS) is 2. The molecule has 2 amide bonds. The van der Waals surface area contributed by atoms with Gasteiger partial charge < -0.3 is 32.3 Å². The van der Waals surface area contributed by atoms with Crippen molar-refractivity contribution in [2.45, 2.75) is 70.1 Å². The monoisotopic (exact) mass is 438 g/mol. The number of amides is 2. The zero-order valence-electron chi connectivity index (χ0n) is 18.0. The first-order chi connectivity index (χ1) is 14.5. The van der Waals surface area contributed by atoms with Crippen molar-refractivity contribution in [3.8, 4) is 0 Å². The Hall–Kier alpha value is -2.72. The van der Waals surface area contributed by atoms with Gasteiger partial charge in [-0.15, -0.1) is 0 Å². The van der Waals surface area contributed by atoms with Crippen LogP contribution in [0.15, 0.2) is 24.3 Å². The van der Waals surface area contributed by atoms with Crippen LogP contribution in [0.25, 0.3) is 0 Å². The van der Waals surface area contributed by atoms with Crippen LogP contribution in [-0.2, 0) is 19.2 Å². The Morgan fingerprint density at radius 3 is 2.06 bits per heavy atom. The summed E-state index contributed by atoms with van der Waals surface area (Å²) in [5.74, 6) is -3.78. The molecule has 1 rings (SSSR count). The summed E-state index contributed by atoms with van der Waals surface area (Å²) >= 11 is 0. The predicted octanol–water partition coefficient (Wildman–Crippen LogP) is 0.129. The van der Waals surface area contributed by atoms with Crippen molar-refractivity contribution in [3.05, 3.63) is 24.3 Å². The van der Waals surface area contributed by atoms with Crippen molar-refractivity contribution >= 4 is 23.8 Å². The highest BCUT2D eigenvalue weighted by atomic mass is 16.4. The minimum Gasteiger partial charge on any atom is -0.481 e. The van der Waals surface area contributed by atoms with Gasteiger partial charge in [-0.25, -0.2) is 4.79 Å². The normalized spacial score (nSPS) is 21.5. The Balaban J connectivity index is 2.87. The van der Waals surface area contributed by atoms with E-state index in [1.54, 1.807) is 0 Å². The van der Waals surface area contributed by atoms with E-state index in [-0.39, 0.29) is 30.7 Å². The number of carbonyl (C=O) groups is 4. The number of allylic oxidation sites excluding steroid dienone is 2. The summed E-state index contributed by atoms with van der Waals surface area (Å²) in [5, 5.41) is 23.1. The zero-order chi connectivity index (χ0) is 23.6. The summed E-state index contributed by atoms with van der Waals surface area (Å²) in [4.78, 5) is 47.5. The standard InChI is InChI=1S/C21H34N4O6/c1-3-12(2)18(23)20(29)24-15(9-6-13-4-7-14(22)8-5-13)19(28)25-16(21(30)31)10-11-17(26)27/h4-5,7-8,12-16,18H,3,6,9-11,22-23H2,1-2H3,(H,24,29)(H,25,28)(H,26,27)(H,30,31). The quantitative estimate of drug-likeness (QED) is 0.219. The van der Waals surface area contributed by atoms with Crippen LogP contribution in [0.2, 0.25) is 0 Å². The molecule has 0 aromatic heterocycles. The summed E-state index contributed by atoms with van der Waals surface area (Å²) in [6, 6.07) is -3.35. The van der Waals surface area contributed by atoms with E-state index in [1.165, 1.54) is 0 Å². The minimum absolute atomic E-state index is 0.0255. The summed E-state index contributed by atoms with van der Waals surface area (Å²) in [6.07, 6.45) is 8.26. The highest BCUT2D eigenvalue weighted by Crippen LogP contribution is 2.17. The Bertz CT molecular complexity index is 694. The highest BCUT2D eigenvalue weighted by molar-refractivity contribution is 5.91. The van der Waals surface area contributed by atoms with E-state index in [2.05, 4.69) is 10.6 Å². The summed E-state index contributed by atoms with van der Waals surface area (Å²) < 4.78 is 0. The van der Waals surface area contributed by atoms with Crippen molar-refractivity contribution in [1.82, 2.24) is 10.6 Å². The number of nitrogens with one attached hydrogen (secondary N) is 2. The number of carbonyl (C=O) groups excluding carboxylic acids is 2. The first-order valence-corrected chi connectivity index (χ1v) is 10.5. The first-order valence-electron chi connectivity index (χ1n) is 10.5. The third kappa shape index (κ3) is 9.31. The van der Waals surface area contributed by atoms with E-state index in [9.17, 15) is 24.3 Å². The number of hydrogen-bond donors (Lipinski definition) is 6. The number of hydrogen-bond acceptors (Lipinski definition) is 6.